The van der Waals surface area contributed by atoms with Gasteiger partial charge < -0.3 is 5.73 Å². The van der Waals surface area contributed by atoms with Crippen LogP contribution in [0.3, 0.4) is 0 Å². The van der Waals surface area contributed by atoms with Crippen molar-refractivity contribution in [3.8, 4) is 0 Å². The van der Waals surface area contributed by atoms with E-state index >= 15 is 0 Å². The van der Waals surface area contributed by atoms with Gasteiger partial charge in [0.05, 0.1) is 9.90 Å². The van der Waals surface area contributed by atoms with Gasteiger partial charge in [0, 0.05) is 5.25 Å². The van der Waals surface area contributed by atoms with E-state index in [1.165, 1.54) is 36.3 Å². The molecule has 4 heteroatoms. The largest absolute Gasteiger partial charge is 0.375 e. The number of nitrogens with two attached hydrogens (primary N) is 1. The Kier molecular flexibility index (Phi) is 3.34. The minimum absolute atomic E-state index is 0.709. The normalized spacial score (nSPS) is 18.6. The Hall–Kier alpha value is -0.220. The van der Waals surface area contributed by atoms with Gasteiger partial charge in [0.25, 0.3) is 0 Å². The Bertz CT molecular complexity index is 303. The van der Waals surface area contributed by atoms with Crippen molar-refractivity contribution >= 4 is 28.2 Å². The average molecular weight is 228 g/mol. The molecule has 0 aliphatic heterocycles. The number of hydrogen-bond donors (Lipinski definition) is 1. The van der Waals surface area contributed by atoms with Crippen LogP contribution < -0.4 is 5.73 Å². The lowest BCUT2D eigenvalue weighted by Crippen LogP contribution is -2.07. The van der Waals surface area contributed by atoms with Crippen LogP contribution in [0.4, 0.5) is 5.13 Å². The smallest absolute Gasteiger partial charge is 0.181 e. The molecule has 1 aliphatic carbocycles. The third kappa shape index (κ3) is 2.42. The van der Waals surface area contributed by atoms with Crippen LogP contribution in [0, 0.1) is 6.92 Å². The lowest BCUT2D eigenvalue weighted by molar-refractivity contribution is 0.516. The molecule has 0 bridgehead atoms. The van der Waals surface area contributed by atoms with E-state index in [2.05, 4.69) is 11.9 Å². The van der Waals surface area contributed by atoms with Gasteiger partial charge >= 0.3 is 0 Å². The first-order valence-electron chi connectivity index (χ1n) is 5.15. The molecule has 0 spiro atoms. The zero-order chi connectivity index (χ0) is 9.97. The van der Waals surface area contributed by atoms with Gasteiger partial charge in [-0.15, -0.1) is 11.8 Å². The van der Waals surface area contributed by atoms with Gasteiger partial charge in [-0.3, -0.25) is 0 Å². The monoisotopic (exact) mass is 228 g/mol. The molecule has 0 radical (unpaired) electrons. The molecule has 1 aromatic rings. The number of nitrogen functional groups attached to an aromatic ring is 1. The Morgan fingerprint density at radius 1 is 1.36 bits per heavy atom. The van der Waals surface area contributed by atoms with Crippen LogP contribution in [0.15, 0.2) is 4.21 Å². The molecule has 78 valence electrons. The second-order valence-electron chi connectivity index (χ2n) is 3.80. The van der Waals surface area contributed by atoms with Crippen molar-refractivity contribution in [2.24, 2.45) is 0 Å². The summed E-state index contributed by atoms with van der Waals surface area (Å²) in [5.74, 6) is 0. The number of aryl methyl sites for hydroxylation is 1. The van der Waals surface area contributed by atoms with E-state index in [1.807, 2.05) is 11.8 Å². The summed E-state index contributed by atoms with van der Waals surface area (Å²) in [5, 5.41) is 1.52. The fourth-order valence-corrected chi connectivity index (χ4v) is 4.36. The summed E-state index contributed by atoms with van der Waals surface area (Å²) in [7, 11) is 0. The highest BCUT2D eigenvalue weighted by Crippen LogP contribution is 2.38. The topological polar surface area (TPSA) is 38.9 Å². The molecule has 1 saturated carbocycles. The van der Waals surface area contributed by atoms with E-state index in [0.717, 1.165) is 10.9 Å². The zero-order valence-electron chi connectivity index (χ0n) is 8.45. The molecule has 1 fully saturated rings. The van der Waals surface area contributed by atoms with Gasteiger partial charge in [0.1, 0.15) is 0 Å². The zero-order valence-corrected chi connectivity index (χ0v) is 10.1. The predicted octanol–water partition coefficient (Wildman–Crippen LogP) is 3.46. The summed E-state index contributed by atoms with van der Waals surface area (Å²) >= 11 is 3.63. The maximum atomic E-state index is 5.68. The molecule has 2 N–H and O–H groups in total. The van der Waals surface area contributed by atoms with Crippen LogP contribution in [0.1, 0.15) is 37.8 Å². The molecular weight excluding hydrogens is 212 g/mol. The molecule has 14 heavy (non-hydrogen) atoms. The van der Waals surface area contributed by atoms with Gasteiger partial charge in [-0.25, -0.2) is 4.98 Å². The summed E-state index contributed by atoms with van der Waals surface area (Å²) in [5.41, 5.74) is 6.79. The van der Waals surface area contributed by atoms with E-state index in [9.17, 15) is 0 Å². The van der Waals surface area contributed by atoms with Crippen molar-refractivity contribution in [1.82, 2.24) is 4.98 Å². The van der Waals surface area contributed by atoms with Crippen LogP contribution in [-0.4, -0.2) is 10.2 Å². The van der Waals surface area contributed by atoms with E-state index < -0.39 is 0 Å². The van der Waals surface area contributed by atoms with Crippen molar-refractivity contribution in [2.45, 2.75) is 48.5 Å². The molecule has 2 rings (SSSR count). The van der Waals surface area contributed by atoms with Gasteiger partial charge in [0.15, 0.2) is 5.13 Å². The average Bonchev–Trinajstić information content (AvgIpc) is 2.47. The lowest BCUT2D eigenvalue weighted by Gasteiger charge is -2.20. The molecule has 2 nitrogen and oxygen atoms in total. The van der Waals surface area contributed by atoms with Gasteiger partial charge in [0.2, 0.25) is 0 Å². The quantitative estimate of drug-likeness (QED) is 0.842. The van der Waals surface area contributed by atoms with Crippen LogP contribution >= 0.6 is 23.1 Å². The first-order valence-corrected chi connectivity index (χ1v) is 6.85. The van der Waals surface area contributed by atoms with Crippen LogP contribution in [0.2, 0.25) is 0 Å². The summed E-state index contributed by atoms with van der Waals surface area (Å²) in [6.07, 6.45) is 6.93. The molecule has 1 aliphatic rings. The van der Waals surface area contributed by atoms with Crippen LogP contribution in [-0.2, 0) is 0 Å². The Balaban J connectivity index is 1.98. The van der Waals surface area contributed by atoms with E-state index in [4.69, 9.17) is 5.73 Å². The molecule has 0 atom stereocenters. The predicted molar refractivity (Wildman–Crippen MR) is 64.0 cm³/mol. The third-order valence-corrected chi connectivity index (χ3v) is 5.23. The Morgan fingerprint density at radius 2 is 2.07 bits per heavy atom. The van der Waals surface area contributed by atoms with Crippen molar-refractivity contribution < 1.29 is 0 Å². The molecule has 0 unspecified atom stereocenters. The van der Waals surface area contributed by atoms with Crippen molar-refractivity contribution in [3.05, 3.63) is 5.69 Å². The molecule has 1 heterocycles. The minimum atomic E-state index is 0.709. The molecule has 0 amide bonds. The van der Waals surface area contributed by atoms with Gasteiger partial charge in [-0.05, 0) is 19.8 Å². The first kappa shape index (κ1) is 10.3. The second-order valence-corrected chi connectivity index (χ2v) is 6.40. The number of aromatic nitrogens is 1. The Labute approximate surface area is 93.3 Å². The number of rotatable bonds is 2. The fourth-order valence-electron chi connectivity index (χ4n) is 1.85. The van der Waals surface area contributed by atoms with E-state index in [1.54, 1.807) is 11.3 Å². The Morgan fingerprint density at radius 3 is 2.64 bits per heavy atom. The van der Waals surface area contributed by atoms with Crippen molar-refractivity contribution in [2.75, 3.05) is 5.73 Å². The van der Waals surface area contributed by atoms with E-state index in [-0.39, 0.29) is 0 Å². The number of thiazole rings is 1. The highest BCUT2D eigenvalue weighted by molar-refractivity contribution is 8.01. The number of thioether (sulfide) groups is 1. The number of hydrogen-bond acceptors (Lipinski definition) is 4. The minimum Gasteiger partial charge on any atom is -0.375 e. The summed E-state index contributed by atoms with van der Waals surface area (Å²) in [6.45, 7) is 2.05. The van der Waals surface area contributed by atoms with Crippen LogP contribution in [0.25, 0.3) is 0 Å². The molecule has 0 aromatic carbocycles. The summed E-state index contributed by atoms with van der Waals surface area (Å²) in [4.78, 5) is 4.25. The van der Waals surface area contributed by atoms with E-state index in [0.29, 0.717) is 5.13 Å². The second kappa shape index (κ2) is 4.53. The maximum Gasteiger partial charge on any atom is 0.181 e. The summed E-state index contributed by atoms with van der Waals surface area (Å²) < 4.78 is 1.33. The number of anilines is 1. The fraction of sp³-hybridized carbons (Fsp3) is 0.700. The highest BCUT2D eigenvalue weighted by Gasteiger charge is 2.17. The van der Waals surface area contributed by atoms with Crippen molar-refractivity contribution in [3.63, 3.8) is 0 Å². The van der Waals surface area contributed by atoms with Gasteiger partial charge in [-0.2, -0.15) is 0 Å². The third-order valence-electron chi connectivity index (χ3n) is 2.60. The standard InChI is InChI=1S/C10H16N2S2/c1-7-9(14-10(11)12-7)13-8-5-3-2-4-6-8/h8H,2-6H2,1H3,(H2,11,12). The highest BCUT2D eigenvalue weighted by atomic mass is 32.2. The van der Waals surface area contributed by atoms with Crippen LogP contribution in [0.5, 0.6) is 0 Å². The lowest BCUT2D eigenvalue weighted by atomic mass is 10.0. The van der Waals surface area contributed by atoms with Gasteiger partial charge in [-0.1, -0.05) is 30.6 Å². The number of nitrogens with zero attached hydrogens (tertiary/aromatic N) is 1. The maximum absolute atomic E-state index is 5.68. The molecule has 0 saturated heterocycles. The molecule has 1 aromatic heterocycles. The summed E-state index contributed by atoms with van der Waals surface area (Å²) in [6, 6.07) is 0. The first-order chi connectivity index (χ1) is 6.75. The van der Waals surface area contributed by atoms with Crippen molar-refractivity contribution in [1.29, 1.82) is 0 Å². The SMILES string of the molecule is Cc1nc(N)sc1SC1CCCCC1. The molecular formula is C10H16N2S2.